The van der Waals surface area contributed by atoms with E-state index in [0.29, 0.717) is 17.1 Å². The number of rotatable bonds is 4. The lowest BCUT2D eigenvalue weighted by molar-refractivity contribution is 0.412. The van der Waals surface area contributed by atoms with Crippen molar-refractivity contribution in [3.05, 3.63) is 22.7 Å². The molecule has 1 heterocycles. The van der Waals surface area contributed by atoms with Crippen molar-refractivity contribution in [2.45, 2.75) is 25.0 Å². The van der Waals surface area contributed by atoms with Crippen LogP contribution in [-0.2, 0) is 9.05 Å². The van der Waals surface area contributed by atoms with Gasteiger partial charge in [-0.2, -0.15) is 0 Å². The van der Waals surface area contributed by atoms with Crippen LogP contribution in [0.1, 0.15) is 19.9 Å². The van der Waals surface area contributed by atoms with Crippen molar-refractivity contribution in [1.82, 2.24) is 14.8 Å². The minimum absolute atomic E-state index is 0.167. The summed E-state index contributed by atoms with van der Waals surface area (Å²) in [5.74, 6) is 1.09. The van der Waals surface area contributed by atoms with Crippen LogP contribution >= 0.6 is 26.6 Å². The van der Waals surface area contributed by atoms with Gasteiger partial charge in [0, 0.05) is 22.3 Å². The fraction of sp³-hybridized carbons (Fsp3) is 0.333. The highest BCUT2D eigenvalue weighted by Gasteiger charge is 2.25. The predicted molar refractivity (Wildman–Crippen MR) is 83.1 cm³/mol. The zero-order valence-electron chi connectivity index (χ0n) is 11.5. The fourth-order valence-electron chi connectivity index (χ4n) is 1.91. The molecule has 1 aromatic carbocycles. The molecule has 6 nitrogen and oxygen atoms in total. The fourth-order valence-corrected chi connectivity index (χ4v) is 3.44. The third-order valence-corrected chi connectivity index (χ3v) is 4.56. The van der Waals surface area contributed by atoms with Crippen LogP contribution in [0.25, 0.3) is 11.4 Å². The van der Waals surface area contributed by atoms with Gasteiger partial charge in [-0.1, -0.05) is 0 Å². The predicted octanol–water partition coefficient (Wildman–Crippen LogP) is 3.22. The molecule has 0 aliphatic heterocycles. The second kappa shape index (κ2) is 5.94. The van der Waals surface area contributed by atoms with Crippen molar-refractivity contribution in [3.8, 4) is 17.1 Å². The lowest BCUT2D eigenvalue weighted by Gasteiger charge is -2.13. The molecule has 0 N–H and O–H groups in total. The van der Waals surface area contributed by atoms with Gasteiger partial charge in [-0.25, -0.2) is 8.42 Å². The Kier molecular flexibility index (Phi) is 4.60. The maximum Gasteiger partial charge on any atom is 0.296 e. The average Bonchev–Trinajstić information content (AvgIpc) is 2.83. The lowest BCUT2D eigenvalue weighted by Crippen LogP contribution is -2.10. The second-order valence-electron chi connectivity index (χ2n) is 4.56. The quantitative estimate of drug-likeness (QED) is 0.744. The van der Waals surface area contributed by atoms with E-state index in [9.17, 15) is 8.42 Å². The molecule has 0 atom stereocenters. The third kappa shape index (κ3) is 3.22. The molecular weight excluding hydrogens is 382 g/mol. The van der Waals surface area contributed by atoms with Gasteiger partial charge in [0.1, 0.15) is 5.75 Å². The molecule has 1 aromatic heterocycles. The Labute approximate surface area is 135 Å². The lowest BCUT2D eigenvalue weighted by atomic mass is 10.2. The summed E-state index contributed by atoms with van der Waals surface area (Å²) < 4.78 is 30.5. The van der Waals surface area contributed by atoms with Crippen LogP contribution in [0.15, 0.2) is 27.8 Å². The van der Waals surface area contributed by atoms with Gasteiger partial charge in [0.05, 0.1) is 11.6 Å². The molecule has 9 heteroatoms. The van der Waals surface area contributed by atoms with Gasteiger partial charge in [-0.05, 0) is 48.0 Å². The van der Waals surface area contributed by atoms with Crippen molar-refractivity contribution in [2.75, 3.05) is 7.11 Å². The molecule has 0 saturated carbocycles. The van der Waals surface area contributed by atoms with Crippen LogP contribution in [0.2, 0.25) is 0 Å². The number of halogens is 2. The van der Waals surface area contributed by atoms with E-state index in [4.69, 9.17) is 15.4 Å². The van der Waals surface area contributed by atoms with Gasteiger partial charge in [0.15, 0.2) is 5.82 Å². The first-order valence-electron chi connectivity index (χ1n) is 5.99. The molecule has 21 heavy (non-hydrogen) atoms. The van der Waals surface area contributed by atoms with Crippen LogP contribution in [0.5, 0.6) is 5.75 Å². The van der Waals surface area contributed by atoms with E-state index in [1.807, 2.05) is 13.8 Å². The number of hydrogen-bond donors (Lipinski definition) is 0. The van der Waals surface area contributed by atoms with Crippen molar-refractivity contribution < 1.29 is 13.2 Å². The maximum atomic E-state index is 11.6. The van der Waals surface area contributed by atoms with E-state index in [0.717, 1.165) is 4.47 Å². The molecule has 0 bridgehead atoms. The average molecular weight is 395 g/mol. The summed E-state index contributed by atoms with van der Waals surface area (Å²) >= 11 is 3.39. The zero-order chi connectivity index (χ0) is 15.8. The van der Waals surface area contributed by atoms with Gasteiger partial charge in [-0.3, -0.25) is 4.57 Å². The standard InChI is InChI=1S/C12H13BrClN3O3S/c1-7(2)17-11(15-16-12(17)21(14,18)19)8-4-5-10(20-3)9(13)6-8/h4-7H,1-3H3. The van der Waals surface area contributed by atoms with Gasteiger partial charge in [-0.15, -0.1) is 10.2 Å². The van der Waals surface area contributed by atoms with Crippen LogP contribution in [0.4, 0.5) is 0 Å². The van der Waals surface area contributed by atoms with Crippen molar-refractivity contribution >= 4 is 35.7 Å². The number of benzene rings is 1. The Morgan fingerprint density at radius 3 is 2.48 bits per heavy atom. The molecule has 0 radical (unpaired) electrons. The number of aromatic nitrogens is 3. The maximum absolute atomic E-state index is 11.6. The Bertz CT molecular complexity index is 774. The van der Waals surface area contributed by atoms with E-state index in [1.165, 1.54) is 4.57 Å². The Morgan fingerprint density at radius 1 is 1.33 bits per heavy atom. The van der Waals surface area contributed by atoms with Crippen LogP contribution in [0, 0.1) is 0 Å². The minimum atomic E-state index is -3.96. The van der Waals surface area contributed by atoms with E-state index < -0.39 is 9.05 Å². The second-order valence-corrected chi connectivity index (χ2v) is 7.87. The van der Waals surface area contributed by atoms with Crippen LogP contribution in [0.3, 0.4) is 0 Å². The van der Waals surface area contributed by atoms with Crippen LogP contribution < -0.4 is 4.74 Å². The minimum Gasteiger partial charge on any atom is -0.496 e. The van der Waals surface area contributed by atoms with E-state index in [1.54, 1.807) is 25.3 Å². The van der Waals surface area contributed by atoms with E-state index in [2.05, 4.69) is 26.1 Å². The molecule has 2 aromatic rings. The molecule has 0 fully saturated rings. The molecule has 0 amide bonds. The van der Waals surface area contributed by atoms with Crippen molar-refractivity contribution in [1.29, 1.82) is 0 Å². The molecule has 0 aliphatic rings. The smallest absolute Gasteiger partial charge is 0.296 e. The molecule has 0 spiro atoms. The monoisotopic (exact) mass is 393 g/mol. The Balaban J connectivity index is 2.65. The first-order chi connectivity index (χ1) is 9.75. The molecule has 2 rings (SSSR count). The molecule has 0 saturated heterocycles. The normalized spacial score (nSPS) is 11.9. The molecule has 0 aliphatic carbocycles. The summed E-state index contributed by atoms with van der Waals surface area (Å²) in [7, 11) is 3.01. The SMILES string of the molecule is COc1ccc(-c2nnc(S(=O)(=O)Cl)n2C(C)C)cc1Br. The topological polar surface area (TPSA) is 74.1 Å². The zero-order valence-corrected chi connectivity index (χ0v) is 14.7. The van der Waals surface area contributed by atoms with Crippen molar-refractivity contribution in [3.63, 3.8) is 0 Å². The third-order valence-electron chi connectivity index (χ3n) is 2.81. The molecular formula is C12H13BrClN3O3S. The van der Waals surface area contributed by atoms with Crippen molar-refractivity contribution in [2.24, 2.45) is 0 Å². The largest absolute Gasteiger partial charge is 0.496 e. The summed E-state index contributed by atoms with van der Waals surface area (Å²) in [6.07, 6.45) is 0. The van der Waals surface area contributed by atoms with Gasteiger partial charge in [0.25, 0.3) is 14.2 Å². The van der Waals surface area contributed by atoms with Gasteiger partial charge in [0.2, 0.25) is 0 Å². The highest BCUT2D eigenvalue weighted by molar-refractivity contribution is 9.10. The van der Waals surface area contributed by atoms with Gasteiger partial charge >= 0.3 is 0 Å². The number of methoxy groups -OCH3 is 1. The Hall–Kier alpha value is -1.12. The summed E-state index contributed by atoms with van der Waals surface area (Å²) in [5.41, 5.74) is 0.704. The summed E-state index contributed by atoms with van der Waals surface area (Å²) in [6.45, 7) is 3.66. The van der Waals surface area contributed by atoms with E-state index >= 15 is 0 Å². The first-order valence-corrected chi connectivity index (χ1v) is 9.09. The summed E-state index contributed by atoms with van der Waals surface area (Å²) in [5, 5.41) is 7.40. The molecule has 114 valence electrons. The molecule has 0 unspecified atom stereocenters. The highest BCUT2D eigenvalue weighted by Crippen LogP contribution is 2.32. The summed E-state index contributed by atoms with van der Waals surface area (Å²) in [6, 6.07) is 5.15. The van der Waals surface area contributed by atoms with E-state index in [-0.39, 0.29) is 11.2 Å². The van der Waals surface area contributed by atoms with Gasteiger partial charge < -0.3 is 4.74 Å². The first kappa shape index (κ1) is 16.3. The number of ether oxygens (including phenoxy) is 1. The number of hydrogen-bond acceptors (Lipinski definition) is 5. The van der Waals surface area contributed by atoms with Crippen LogP contribution in [-0.4, -0.2) is 30.3 Å². The highest BCUT2D eigenvalue weighted by atomic mass is 79.9. The number of nitrogens with zero attached hydrogens (tertiary/aromatic N) is 3. The Morgan fingerprint density at radius 2 is 2.00 bits per heavy atom. The summed E-state index contributed by atoms with van der Waals surface area (Å²) in [4.78, 5) is 0.